The predicted molar refractivity (Wildman–Crippen MR) is 64.8 cm³/mol. The molecule has 3 atom stereocenters. The average Bonchev–Trinajstić information content (AvgIpc) is 2.29. The lowest BCUT2D eigenvalue weighted by Crippen LogP contribution is -2.37. The fourth-order valence-corrected chi connectivity index (χ4v) is 2.98. The van der Waals surface area contributed by atoms with Crippen LogP contribution >= 0.6 is 0 Å². The molecule has 1 rings (SSSR count). The van der Waals surface area contributed by atoms with Gasteiger partial charge in [-0.15, -0.1) is 0 Å². The minimum atomic E-state index is 0.408. The van der Waals surface area contributed by atoms with Gasteiger partial charge in [-0.1, -0.05) is 32.6 Å². The summed E-state index contributed by atoms with van der Waals surface area (Å²) in [5, 5.41) is 0. The SMILES string of the molecule is CCC1CCCCC1C(N)CCCOC. The van der Waals surface area contributed by atoms with E-state index in [0.717, 1.165) is 31.3 Å². The van der Waals surface area contributed by atoms with Crippen molar-refractivity contribution >= 4 is 0 Å². The second-order valence-electron chi connectivity index (χ2n) is 4.92. The van der Waals surface area contributed by atoms with Crippen molar-refractivity contribution in [3.63, 3.8) is 0 Å². The molecule has 90 valence electrons. The van der Waals surface area contributed by atoms with Gasteiger partial charge < -0.3 is 10.5 Å². The summed E-state index contributed by atoms with van der Waals surface area (Å²) in [6.45, 7) is 3.17. The molecule has 1 fully saturated rings. The van der Waals surface area contributed by atoms with E-state index >= 15 is 0 Å². The molecule has 0 spiro atoms. The number of methoxy groups -OCH3 is 1. The normalized spacial score (nSPS) is 29.0. The van der Waals surface area contributed by atoms with Crippen LogP contribution in [0.15, 0.2) is 0 Å². The Labute approximate surface area is 94.6 Å². The molecule has 1 saturated carbocycles. The largest absolute Gasteiger partial charge is 0.385 e. The Bertz CT molecular complexity index is 161. The summed E-state index contributed by atoms with van der Waals surface area (Å²) in [7, 11) is 1.76. The number of rotatable bonds is 6. The molecule has 0 amide bonds. The molecule has 2 heteroatoms. The van der Waals surface area contributed by atoms with Crippen LogP contribution in [0.3, 0.4) is 0 Å². The lowest BCUT2D eigenvalue weighted by Gasteiger charge is -2.35. The molecule has 1 aliphatic rings. The second-order valence-corrected chi connectivity index (χ2v) is 4.92. The summed E-state index contributed by atoms with van der Waals surface area (Å²) in [6.07, 6.45) is 9.12. The van der Waals surface area contributed by atoms with Crippen molar-refractivity contribution in [2.45, 2.75) is 57.9 Å². The molecule has 3 unspecified atom stereocenters. The maximum absolute atomic E-state index is 6.30. The summed E-state index contributed by atoms with van der Waals surface area (Å²) in [5.41, 5.74) is 6.30. The zero-order valence-corrected chi connectivity index (χ0v) is 10.4. The zero-order chi connectivity index (χ0) is 11.1. The van der Waals surface area contributed by atoms with Gasteiger partial charge in [-0.2, -0.15) is 0 Å². The van der Waals surface area contributed by atoms with Gasteiger partial charge in [0.1, 0.15) is 0 Å². The Balaban J connectivity index is 2.31. The molecule has 2 N–H and O–H groups in total. The van der Waals surface area contributed by atoms with E-state index in [0.29, 0.717) is 6.04 Å². The lowest BCUT2D eigenvalue weighted by molar-refractivity contribution is 0.163. The topological polar surface area (TPSA) is 35.2 Å². The summed E-state index contributed by atoms with van der Waals surface area (Å²) in [6, 6.07) is 0.408. The van der Waals surface area contributed by atoms with Gasteiger partial charge in [-0.05, 0) is 31.1 Å². The fraction of sp³-hybridized carbons (Fsp3) is 1.00. The van der Waals surface area contributed by atoms with Crippen molar-refractivity contribution in [1.82, 2.24) is 0 Å². The van der Waals surface area contributed by atoms with Gasteiger partial charge in [0.2, 0.25) is 0 Å². The first kappa shape index (κ1) is 13.0. The standard InChI is InChI=1S/C13H27NO/c1-3-11-7-4-5-8-12(11)13(14)9-6-10-15-2/h11-13H,3-10,14H2,1-2H3. The van der Waals surface area contributed by atoms with Crippen molar-refractivity contribution in [1.29, 1.82) is 0 Å². The van der Waals surface area contributed by atoms with E-state index in [1.807, 2.05) is 0 Å². The first-order chi connectivity index (χ1) is 7.29. The number of hydrogen-bond donors (Lipinski definition) is 1. The summed E-state index contributed by atoms with van der Waals surface area (Å²) < 4.78 is 5.08. The van der Waals surface area contributed by atoms with E-state index in [1.54, 1.807) is 7.11 Å². The third-order valence-electron chi connectivity index (χ3n) is 3.93. The van der Waals surface area contributed by atoms with E-state index in [-0.39, 0.29) is 0 Å². The maximum Gasteiger partial charge on any atom is 0.0462 e. The number of hydrogen-bond acceptors (Lipinski definition) is 2. The van der Waals surface area contributed by atoms with Crippen LogP contribution in [0.5, 0.6) is 0 Å². The molecular formula is C13H27NO. The van der Waals surface area contributed by atoms with E-state index in [1.165, 1.54) is 32.1 Å². The van der Waals surface area contributed by atoms with Crippen LogP contribution in [0.1, 0.15) is 51.9 Å². The van der Waals surface area contributed by atoms with E-state index in [2.05, 4.69) is 6.92 Å². The molecule has 2 nitrogen and oxygen atoms in total. The van der Waals surface area contributed by atoms with Gasteiger partial charge >= 0.3 is 0 Å². The summed E-state index contributed by atoms with van der Waals surface area (Å²) in [5.74, 6) is 1.66. The quantitative estimate of drug-likeness (QED) is 0.688. The molecule has 0 aromatic carbocycles. The van der Waals surface area contributed by atoms with Crippen LogP contribution in [-0.4, -0.2) is 19.8 Å². The third kappa shape index (κ3) is 4.12. The van der Waals surface area contributed by atoms with Crippen LogP contribution in [0.4, 0.5) is 0 Å². The van der Waals surface area contributed by atoms with E-state index < -0.39 is 0 Å². The van der Waals surface area contributed by atoms with E-state index in [4.69, 9.17) is 10.5 Å². The Morgan fingerprint density at radius 3 is 2.73 bits per heavy atom. The Hall–Kier alpha value is -0.0800. The minimum Gasteiger partial charge on any atom is -0.385 e. The molecule has 0 aliphatic heterocycles. The molecule has 0 heterocycles. The highest BCUT2D eigenvalue weighted by Crippen LogP contribution is 2.34. The molecule has 0 radical (unpaired) electrons. The van der Waals surface area contributed by atoms with Gasteiger partial charge in [0.15, 0.2) is 0 Å². The van der Waals surface area contributed by atoms with Gasteiger partial charge in [0.05, 0.1) is 0 Å². The zero-order valence-electron chi connectivity index (χ0n) is 10.4. The van der Waals surface area contributed by atoms with Crippen molar-refractivity contribution in [3.05, 3.63) is 0 Å². The minimum absolute atomic E-state index is 0.408. The van der Waals surface area contributed by atoms with Crippen LogP contribution in [-0.2, 0) is 4.74 Å². The van der Waals surface area contributed by atoms with Crippen LogP contribution < -0.4 is 5.73 Å². The van der Waals surface area contributed by atoms with Gasteiger partial charge in [0.25, 0.3) is 0 Å². The van der Waals surface area contributed by atoms with Crippen molar-refractivity contribution in [2.75, 3.05) is 13.7 Å². The third-order valence-corrected chi connectivity index (χ3v) is 3.93. The van der Waals surface area contributed by atoms with Crippen molar-refractivity contribution < 1.29 is 4.74 Å². The molecule has 15 heavy (non-hydrogen) atoms. The first-order valence-electron chi connectivity index (χ1n) is 6.54. The van der Waals surface area contributed by atoms with Gasteiger partial charge in [-0.25, -0.2) is 0 Å². The van der Waals surface area contributed by atoms with Crippen LogP contribution in [0.25, 0.3) is 0 Å². The number of nitrogens with two attached hydrogens (primary N) is 1. The van der Waals surface area contributed by atoms with Crippen molar-refractivity contribution in [2.24, 2.45) is 17.6 Å². The summed E-state index contributed by atoms with van der Waals surface area (Å²) >= 11 is 0. The molecule has 0 bridgehead atoms. The molecule has 0 aromatic heterocycles. The highest BCUT2D eigenvalue weighted by molar-refractivity contribution is 4.82. The van der Waals surface area contributed by atoms with Gasteiger partial charge in [0, 0.05) is 19.8 Å². The smallest absolute Gasteiger partial charge is 0.0462 e. The highest BCUT2D eigenvalue weighted by atomic mass is 16.5. The summed E-state index contributed by atoms with van der Waals surface area (Å²) in [4.78, 5) is 0. The predicted octanol–water partition coefficient (Wildman–Crippen LogP) is 2.96. The highest BCUT2D eigenvalue weighted by Gasteiger charge is 2.28. The second kappa shape index (κ2) is 7.24. The Morgan fingerprint density at radius 1 is 1.33 bits per heavy atom. The Kier molecular flexibility index (Phi) is 6.26. The van der Waals surface area contributed by atoms with Crippen LogP contribution in [0, 0.1) is 11.8 Å². The average molecular weight is 213 g/mol. The lowest BCUT2D eigenvalue weighted by atomic mass is 9.73. The Morgan fingerprint density at radius 2 is 2.07 bits per heavy atom. The van der Waals surface area contributed by atoms with Crippen molar-refractivity contribution in [3.8, 4) is 0 Å². The molecular weight excluding hydrogens is 186 g/mol. The molecule has 1 aliphatic carbocycles. The first-order valence-corrected chi connectivity index (χ1v) is 6.54. The molecule has 0 saturated heterocycles. The molecule has 0 aromatic rings. The monoisotopic (exact) mass is 213 g/mol. The fourth-order valence-electron chi connectivity index (χ4n) is 2.98. The van der Waals surface area contributed by atoms with Crippen LogP contribution in [0.2, 0.25) is 0 Å². The van der Waals surface area contributed by atoms with E-state index in [9.17, 15) is 0 Å². The maximum atomic E-state index is 6.30. The van der Waals surface area contributed by atoms with Gasteiger partial charge in [-0.3, -0.25) is 0 Å². The number of ether oxygens (including phenoxy) is 1.